The van der Waals surface area contributed by atoms with Crippen LogP contribution in [0.25, 0.3) is 0 Å². The fourth-order valence-electron chi connectivity index (χ4n) is 2.24. The first-order valence-electron chi connectivity index (χ1n) is 7.65. The van der Waals surface area contributed by atoms with Crippen LogP contribution in [0.2, 0.25) is 0 Å². The Morgan fingerprint density at radius 3 is 2.74 bits per heavy atom. The second-order valence-electron chi connectivity index (χ2n) is 5.49. The molecule has 0 bridgehead atoms. The molecule has 0 saturated heterocycles. The maximum atomic E-state index is 11.9. The van der Waals surface area contributed by atoms with E-state index in [1.54, 1.807) is 0 Å². The summed E-state index contributed by atoms with van der Waals surface area (Å²) in [5.74, 6) is 1.14. The molecule has 116 valence electrons. The summed E-state index contributed by atoms with van der Waals surface area (Å²) in [5.41, 5.74) is 2.46. The van der Waals surface area contributed by atoms with Gasteiger partial charge in [0.25, 0.3) is 0 Å². The molecule has 1 aromatic carbocycles. The lowest BCUT2D eigenvalue weighted by Crippen LogP contribution is -2.12. The Morgan fingerprint density at radius 2 is 2.04 bits per heavy atom. The zero-order valence-electron chi connectivity index (χ0n) is 12.7. The minimum atomic E-state index is -0.0273. The summed E-state index contributed by atoms with van der Waals surface area (Å²) in [6.07, 6.45) is 2.75. The third-order valence-corrected chi connectivity index (χ3v) is 4.62. The number of amides is 1. The molecule has 3 rings (SSSR count). The summed E-state index contributed by atoms with van der Waals surface area (Å²) in [6, 6.07) is 15.4. The first-order valence-corrected chi connectivity index (χ1v) is 8.63. The van der Waals surface area contributed by atoms with E-state index in [4.69, 9.17) is 0 Å². The van der Waals surface area contributed by atoms with Crippen LogP contribution in [-0.4, -0.2) is 16.6 Å². The molecule has 0 atom stereocenters. The molecular formula is C18H17N3OS. The third-order valence-electron chi connectivity index (χ3n) is 3.62. The number of nitriles is 1. The number of aromatic nitrogens is 1. The molecule has 0 unspecified atom stereocenters. The van der Waals surface area contributed by atoms with Gasteiger partial charge in [0, 0.05) is 29.5 Å². The van der Waals surface area contributed by atoms with Gasteiger partial charge in [-0.15, -0.1) is 11.8 Å². The Bertz CT molecular complexity index is 736. The van der Waals surface area contributed by atoms with Crippen LogP contribution in [-0.2, 0) is 4.79 Å². The number of thioether (sulfide) groups is 1. The van der Waals surface area contributed by atoms with Crippen molar-refractivity contribution >= 4 is 23.4 Å². The van der Waals surface area contributed by atoms with E-state index in [9.17, 15) is 10.1 Å². The average molecular weight is 323 g/mol. The summed E-state index contributed by atoms with van der Waals surface area (Å²) < 4.78 is 0. The number of pyridine rings is 1. The number of rotatable bonds is 6. The largest absolute Gasteiger partial charge is 0.326 e. The Hall–Kier alpha value is -2.32. The van der Waals surface area contributed by atoms with Gasteiger partial charge in [-0.2, -0.15) is 5.26 Å². The molecule has 0 aliphatic heterocycles. The van der Waals surface area contributed by atoms with Gasteiger partial charge in [-0.1, -0.05) is 18.2 Å². The van der Waals surface area contributed by atoms with Crippen molar-refractivity contribution in [2.45, 2.75) is 30.2 Å². The first-order chi connectivity index (χ1) is 11.3. The minimum Gasteiger partial charge on any atom is -0.326 e. The molecule has 1 saturated carbocycles. The van der Waals surface area contributed by atoms with Crippen LogP contribution in [0.15, 0.2) is 47.5 Å². The van der Waals surface area contributed by atoms with E-state index in [-0.39, 0.29) is 5.91 Å². The smallest absolute Gasteiger partial charge is 0.225 e. The lowest BCUT2D eigenvalue weighted by atomic mass is 10.2. The molecule has 4 nitrogen and oxygen atoms in total. The van der Waals surface area contributed by atoms with Crippen LogP contribution in [0, 0.1) is 11.3 Å². The Labute approximate surface area is 139 Å². The van der Waals surface area contributed by atoms with Crippen LogP contribution in [0.1, 0.15) is 36.4 Å². The Kier molecular flexibility index (Phi) is 4.94. The first kappa shape index (κ1) is 15.6. The van der Waals surface area contributed by atoms with Crippen LogP contribution < -0.4 is 5.32 Å². The predicted octanol–water partition coefficient (Wildman–Crippen LogP) is 3.95. The van der Waals surface area contributed by atoms with Crippen molar-refractivity contribution in [1.82, 2.24) is 4.98 Å². The van der Waals surface area contributed by atoms with Gasteiger partial charge in [-0.25, -0.2) is 4.98 Å². The van der Waals surface area contributed by atoms with Crippen molar-refractivity contribution in [3.63, 3.8) is 0 Å². The maximum absolute atomic E-state index is 11.9. The van der Waals surface area contributed by atoms with E-state index >= 15 is 0 Å². The molecular weight excluding hydrogens is 306 g/mol. The number of nitrogens with one attached hydrogen (secondary N) is 1. The highest BCUT2D eigenvalue weighted by Gasteiger charge is 2.25. The summed E-state index contributed by atoms with van der Waals surface area (Å²) in [5, 5.41) is 12.8. The molecule has 1 fully saturated rings. The number of carbonyl (C=O) groups excluding carboxylic acids is 1. The molecule has 1 aromatic heterocycles. The van der Waals surface area contributed by atoms with E-state index < -0.39 is 0 Å². The normalized spacial score (nSPS) is 13.3. The lowest BCUT2D eigenvalue weighted by Gasteiger charge is -2.07. The SMILES string of the molecule is N#Cc1ccc(C2CC2)nc1SCCC(=O)Nc1ccccc1. The van der Waals surface area contributed by atoms with Gasteiger partial charge in [0.05, 0.1) is 5.56 Å². The summed E-state index contributed by atoms with van der Waals surface area (Å²) in [4.78, 5) is 16.5. The zero-order valence-corrected chi connectivity index (χ0v) is 13.5. The van der Waals surface area contributed by atoms with Crippen molar-refractivity contribution in [1.29, 1.82) is 5.26 Å². The Balaban J connectivity index is 1.55. The number of anilines is 1. The number of para-hydroxylation sites is 1. The molecule has 2 aromatic rings. The van der Waals surface area contributed by atoms with Gasteiger partial charge in [-0.05, 0) is 37.1 Å². The molecule has 5 heteroatoms. The third kappa shape index (κ3) is 4.33. The van der Waals surface area contributed by atoms with Gasteiger partial charge in [-0.3, -0.25) is 4.79 Å². The fraction of sp³-hybridized carbons (Fsp3) is 0.278. The zero-order chi connectivity index (χ0) is 16.1. The molecule has 1 N–H and O–H groups in total. The van der Waals surface area contributed by atoms with Crippen molar-refractivity contribution in [3.8, 4) is 6.07 Å². The fourth-order valence-corrected chi connectivity index (χ4v) is 3.16. The minimum absolute atomic E-state index is 0.0273. The van der Waals surface area contributed by atoms with Gasteiger partial charge in [0.1, 0.15) is 11.1 Å². The number of hydrogen-bond acceptors (Lipinski definition) is 4. The quantitative estimate of drug-likeness (QED) is 0.817. The van der Waals surface area contributed by atoms with E-state index in [2.05, 4.69) is 16.4 Å². The van der Waals surface area contributed by atoms with Gasteiger partial charge < -0.3 is 5.32 Å². The van der Waals surface area contributed by atoms with E-state index in [1.807, 2.05) is 42.5 Å². The van der Waals surface area contributed by atoms with Gasteiger partial charge in [0.15, 0.2) is 0 Å². The molecule has 1 amide bonds. The van der Waals surface area contributed by atoms with Crippen molar-refractivity contribution < 1.29 is 4.79 Å². The second kappa shape index (κ2) is 7.30. The summed E-state index contributed by atoms with van der Waals surface area (Å²) in [7, 11) is 0. The molecule has 1 aliphatic rings. The molecule has 0 radical (unpaired) electrons. The van der Waals surface area contributed by atoms with Crippen molar-refractivity contribution in [2.24, 2.45) is 0 Å². The van der Waals surface area contributed by atoms with E-state index in [0.29, 0.717) is 23.7 Å². The highest BCUT2D eigenvalue weighted by atomic mass is 32.2. The molecule has 1 aliphatic carbocycles. The number of nitrogens with zero attached hydrogens (tertiary/aromatic N) is 2. The van der Waals surface area contributed by atoms with Gasteiger partial charge in [0.2, 0.25) is 5.91 Å². The van der Waals surface area contributed by atoms with Crippen LogP contribution >= 0.6 is 11.8 Å². The predicted molar refractivity (Wildman–Crippen MR) is 91.3 cm³/mol. The highest BCUT2D eigenvalue weighted by Crippen LogP contribution is 2.39. The van der Waals surface area contributed by atoms with Crippen LogP contribution in [0.4, 0.5) is 5.69 Å². The number of benzene rings is 1. The average Bonchev–Trinajstić information content (AvgIpc) is 3.40. The van der Waals surface area contributed by atoms with Gasteiger partial charge >= 0.3 is 0 Å². The van der Waals surface area contributed by atoms with Crippen molar-refractivity contribution in [2.75, 3.05) is 11.1 Å². The highest BCUT2D eigenvalue weighted by molar-refractivity contribution is 7.99. The monoisotopic (exact) mass is 323 g/mol. The van der Waals surface area contributed by atoms with Crippen LogP contribution in [0.5, 0.6) is 0 Å². The lowest BCUT2D eigenvalue weighted by molar-refractivity contribution is -0.115. The van der Waals surface area contributed by atoms with E-state index in [0.717, 1.165) is 16.4 Å². The number of carbonyl (C=O) groups is 1. The van der Waals surface area contributed by atoms with Crippen LogP contribution in [0.3, 0.4) is 0 Å². The molecule has 23 heavy (non-hydrogen) atoms. The summed E-state index contributed by atoms with van der Waals surface area (Å²) >= 11 is 1.48. The van der Waals surface area contributed by atoms with E-state index in [1.165, 1.54) is 24.6 Å². The number of hydrogen-bond donors (Lipinski definition) is 1. The summed E-state index contributed by atoms with van der Waals surface area (Å²) in [6.45, 7) is 0. The second-order valence-corrected chi connectivity index (χ2v) is 6.57. The Morgan fingerprint density at radius 1 is 1.26 bits per heavy atom. The molecule has 1 heterocycles. The standard InChI is InChI=1S/C18H17N3OS/c19-12-14-8-9-16(13-6-7-13)21-18(14)23-11-10-17(22)20-15-4-2-1-3-5-15/h1-5,8-9,13H,6-7,10-11H2,(H,20,22). The van der Waals surface area contributed by atoms with Crippen molar-refractivity contribution in [3.05, 3.63) is 53.7 Å². The maximum Gasteiger partial charge on any atom is 0.225 e. The topological polar surface area (TPSA) is 65.8 Å². The molecule has 0 spiro atoms.